The minimum absolute atomic E-state index is 0.440. The van der Waals surface area contributed by atoms with Crippen LogP contribution in [0.2, 0.25) is 0 Å². The summed E-state index contributed by atoms with van der Waals surface area (Å²) < 4.78 is 0. The first-order valence-electron chi connectivity index (χ1n) is 5.60. The van der Waals surface area contributed by atoms with Crippen LogP contribution >= 0.6 is 11.8 Å². The molecule has 0 bridgehead atoms. The summed E-state index contributed by atoms with van der Waals surface area (Å²) in [6, 6.07) is 0. The molecule has 1 nitrogen and oxygen atoms in total. The zero-order chi connectivity index (χ0) is 9.10. The van der Waals surface area contributed by atoms with Gasteiger partial charge in [0.2, 0.25) is 0 Å². The van der Waals surface area contributed by atoms with Gasteiger partial charge < -0.3 is 5.11 Å². The molecule has 2 atom stereocenters. The molecule has 2 rings (SSSR count). The fourth-order valence-electron chi connectivity index (χ4n) is 2.65. The van der Waals surface area contributed by atoms with E-state index in [0.29, 0.717) is 12.5 Å². The van der Waals surface area contributed by atoms with Crippen molar-refractivity contribution in [1.29, 1.82) is 0 Å². The first-order valence-corrected chi connectivity index (χ1v) is 6.76. The smallest absolute Gasteiger partial charge is 0.0464 e. The molecule has 1 aliphatic heterocycles. The van der Waals surface area contributed by atoms with Gasteiger partial charge in [-0.3, -0.25) is 0 Å². The second-order valence-corrected chi connectivity index (χ2v) is 5.66. The summed E-state index contributed by atoms with van der Waals surface area (Å²) >= 11 is 2.09. The van der Waals surface area contributed by atoms with Crippen LogP contribution in [0, 0.1) is 17.8 Å². The van der Waals surface area contributed by atoms with Crippen LogP contribution in [0.1, 0.15) is 32.1 Å². The Labute approximate surface area is 85.3 Å². The molecule has 2 heteroatoms. The molecule has 2 fully saturated rings. The first-order chi connectivity index (χ1) is 6.42. The van der Waals surface area contributed by atoms with Gasteiger partial charge in [0.15, 0.2) is 0 Å². The van der Waals surface area contributed by atoms with Gasteiger partial charge in [-0.05, 0) is 42.1 Å². The third-order valence-electron chi connectivity index (χ3n) is 3.77. The second kappa shape index (κ2) is 4.70. The van der Waals surface area contributed by atoms with E-state index in [4.69, 9.17) is 0 Å². The normalized spacial score (nSPS) is 32.5. The van der Waals surface area contributed by atoms with Gasteiger partial charge in [-0.15, -0.1) is 0 Å². The van der Waals surface area contributed by atoms with Crippen molar-refractivity contribution in [3.63, 3.8) is 0 Å². The summed E-state index contributed by atoms with van der Waals surface area (Å²) in [5.74, 6) is 4.99. The van der Waals surface area contributed by atoms with Crippen LogP contribution < -0.4 is 0 Å². The highest BCUT2D eigenvalue weighted by Crippen LogP contribution is 2.41. The molecule has 0 amide bonds. The van der Waals surface area contributed by atoms with E-state index in [1.807, 2.05) is 0 Å². The summed E-state index contributed by atoms with van der Waals surface area (Å²) in [5.41, 5.74) is 0. The highest BCUT2D eigenvalue weighted by atomic mass is 32.2. The Balaban J connectivity index is 1.86. The summed E-state index contributed by atoms with van der Waals surface area (Å²) in [4.78, 5) is 0. The quantitative estimate of drug-likeness (QED) is 0.755. The molecule has 0 radical (unpaired) electrons. The monoisotopic (exact) mass is 200 g/mol. The zero-order valence-corrected chi connectivity index (χ0v) is 9.06. The number of hydrogen-bond donors (Lipinski definition) is 1. The Morgan fingerprint density at radius 1 is 1.15 bits per heavy atom. The van der Waals surface area contributed by atoms with Gasteiger partial charge in [0.25, 0.3) is 0 Å². The molecule has 2 unspecified atom stereocenters. The predicted octanol–water partition coefficient (Wildman–Crippen LogP) is 2.54. The molecule has 1 aliphatic carbocycles. The predicted molar refractivity (Wildman–Crippen MR) is 58.0 cm³/mol. The lowest BCUT2D eigenvalue weighted by atomic mass is 9.70. The molecule has 1 saturated carbocycles. The molecule has 0 aromatic rings. The van der Waals surface area contributed by atoms with E-state index >= 15 is 0 Å². The first kappa shape index (κ1) is 9.85. The Kier molecular flexibility index (Phi) is 3.56. The highest BCUT2D eigenvalue weighted by molar-refractivity contribution is 7.99. The number of aliphatic hydroxyl groups is 1. The third kappa shape index (κ3) is 2.21. The van der Waals surface area contributed by atoms with Gasteiger partial charge in [-0.2, -0.15) is 11.8 Å². The lowest BCUT2D eigenvalue weighted by Crippen LogP contribution is -2.33. The molecule has 2 aliphatic rings. The summed E-state index contributed by atoms with van der Waals surface area (Å²) in [7, 11) is 0. The van der Waals surface area contributed by atoms with E-state index in [2.05, 4.69) is 11.8 Å². The van der Waals surface area contributed by atoms with Gasteiger partial charge in [0.1, 0.15) is 0 Å². The Bertz CT molecular complexity index is 150. The van der Waals surface area contributed by atoms with E-state index in [-0.39, 0.29) is 0 Å². The van der Waals surface area contributed by atoms with Crippen molar-refractivity contribution in [3.8, 4) is 0 Å². The molecular weight excluding hydrogens is 180 g/mol. The molecule has 76 valence electrons. The molecule has 1 heterocycles. The van der Waals surface area contributed by atoms with Crippen LogP contribution in [-0.2, 0) is 0 Å². The largest absolute Gasteiger partial charge is 0.396 e. The van der Waals surface area contributed by atoms with Crippen LogP contribution in [0.5, 0.6) is 0 Å². The molecule has 13 heavy (non-hydrogen) atoms. The molecule has 0 aromatic heterocycles. The van der Waals surface area contributed by atoms with Gasteiger partial charge in [0, 0.05) is 6.61 Å². The van der Waals surface area contributed by atoms with Gasteiger partial charge >= 0.3 is 0 Å². The summed E-state index contributed by atoms with van der Waals surface area (Å²) in [5, 5.41) is 9.40. The maximum absolute atomic E-state index is 9.40. The molecule has 0 spiro atoms. The minimum atomic E-state index is 0.440. The summed E-state index contributed by atoms with van der Waals surface area (Å²) in [6.07, 6.45) is 6.91. The highest BCUT2D eigenvalue weighted by Gasteiger charge is 2.33. The van der Waals surface area contributed by atoms with E-state index < -0.39 is 0 Å². The van der Waals surface area contributed by atoms with Crippen LogP contribution in [-0.4, -0.2) is 23.2 Å². The van der Waals surface area contributed by atoms with Gasteiger partial charge in [-0.1, -0.05) is 19.3 Å². The van der Waals surface area contributed by atoms with Crippen LogP contribution in [0.25, 0.3) is 0 Å². The SMILES string of the molecule is OCC(C1CCC1)C1CCCSC1. The van der Waals surface area contributed by atoms with Crippen LogP contribution in [0.15, 0.2) is 0 Å². The van der Waals surface area contributed by atoms with Crippen molar-refractivity contribution in [3.05, 3.63) is 0 Å². The molecular formula is C11H20OS. The minimum Gasteiger partial charge on any atom is -0.396 e. The van der Waals surface area contributed by atoms with Crippen molar-refractivity contribution in [1.82, 2.24) is 0 Å². The van der Waals surface area contributed by atoms with E-state index in [9.17, 15) is 5.11 Å². The average molecular weight is 200 g/mol. The average Bonchev–Trinajstić information content (AvgIpc) is 2.12. The Hall–Kier alpha value is 0.310. The molecule has 1 N–H and O–H groups in total. The fourth-order valence-corrected chi connectivity index (χ4v) is 3.91. The number of hydrogen-bond acceptors (Lipinski definition) is 2. The standard InChI is InChI=1S/C11H20OS/c12-7-11(9-3-1-4-9)10-5-2-6-13-8-10/h9-12H,1-8H2. The molecule has 0 aromatic carbocycles. The van der Waals surface area contributed by atoms with Crippen LogP contribution in [0.4, 0.5) is 0 Å². The molecule has 1 saturated heterocycles. The topological polar surface area (TPSA) is 20.2 Å². The lowest BCUT2D eigenvalue weighted by Gasteiger charge is -2.39. The van der Waals surface area contributed by atoms with E-state index in [1.165, 1.54) is 43.6 Å². The van der Waals surface area contributed by atoms with Crippen molar-refractivity contribution in [2.24, 2.45) is 17.8 Å². The van der Waals surface area contributed by atoms with Gasteiger partial charge in [0.05, 0.1) is 0 Å². The fraction of sp³-hybridized carbons (Fsp3) is 1.00. The van der Waals surface area contributed by atoms with Crippen LogP contribution in [0.3, 0.4) is 0 Å². The van der Waals surface area contributed by atoms with E-state index in [1.54, 1.807) is 0 Å². The lowest BCUT2D eigenvalue weighted by molar-refractivity contribution is 0.0797. The van der Waals surface area contributed by atoms with Crippen molar-refractivity contribution in [2.45, 2.75) is 32.1 Å². The Morgan fingerprint density at radius 3 is 2.38 bits per heavy atom. The number of aliphatic hydroxyl groups excluding tert-OH is 1. The Morgan fingerprint density at radius 2 is 1.92 bits per heavy atom. The van der Waals surface area contributed by atoms with Crippen molar-refractivity contribution in [2.75, 3.05) is 18.1 Å². The number of rotatable bonds is 3. The second-order valence-electron chi connectivity index (χ2n) is 4.51. The van der Waals surface area contributed by atoms with E-state index in [0.717, 1.165) is 11.8 Å². The van der Waals surface area contributed by atoms with Crippen molar-refractivity contribution >= 4 is 11.8 Å². The maximum atomic E-state index is 9.40. The summed E-state index contributed by atoms with van der Waals surface area (Å²) in [6.45, 7) is 0.440. The number of thioether (sulfide) groups is 1. The maximum Gasteiger partial charge on any atom is 0.0464 e. The van der Waals surface area contributed by atoms with Crippen molar-refractivity contribution < 1.29 is 5.11 Å². The van der Waals surface area contributed by atoms with Gasteiger partial charge in [-0.25, -0.2) is 0 Å². The zero-order valence-electron chi connectivity index (χ0n) is 8.24. The third-order valence-corrected chi connectivity index (χ3v) is 5.01.